The molecule has 2 aromatic rings. The number of benzene rings is 1. The van der Waals surface area contributed by atoms with E-state index in [0.29, 0.717) is 17.9 Å². The maximum Gasteiger partial charge on any atom is 0.319 e. The van der Waals surface area contributed by atoms with Crippen molar-refractivity contribution in [3.05, 3.63) is 59.0 Å². The van der Waals surface area contributed by atoms with Crippen LogP contribution < -0.4 is 21.5 Å². The third-order valence-corrected chi connectivity index (χ3v) is 3.98. The van der Waals surface area contributed by atoms with Crippen LogP contribution in [0.4, 0.5) is 16.2 Å². The lowest BCUT2D eigenvalue weighted by Gasteiger charge is -2.22. The summed E-state index contributed by atoms with van der Waals surface area (Å²) in [5, 5.41) is 8.19. The van der Waals surface area contributed by atoms with Gasteiger partial charge in [-0.25, -0.2) is 4.79 Å². The standard InChI is InChI=1S/C20H26N4O3/c1-4-12-24-13-16(10-11-17(24)25)21-19(26)18(14(2)3)23-20(27)22-15-8-6-5-7-9-15/h5-11,13-14,18H,4,12H2,1-3H3,(H,21,26)(H2,22,23,27). The van der Waals surface area contributed by atoms with E-state index in [1.165, 1.54) is 6.07 Å². The van der Waals surface area contributed by atoms with Crippen LogP contribution >= 0.6 is 0 Å². The Morgan fingerprint density at radius 2 is 1.70 bits per heavy atom. The summed E-state index contributed by atoms with van der Waals surface area (Å²) in [4.78, 5) is 36.7. The van der Waals surface area contributed by atoms with Crippen molar-refractivity contribution in [2.45, 2.75) is 39.8 Å². The van der Waals surface area contributed by atoms with Crippen molar-refractivity contribution in [1.82, 2.24) is 9.88 Å². The zero-order valence-corrected chi connectivity index (χ0v) is 15.9. The fraction of sp³-hybridized carbons (Fsp3) is 0.350. The van der Waals surface area contributed by atoms with Crippen LogP contribution in [-0.2, 0) is 11.3 Å². The number of hydrogen-bond acceptors (Lipinski definition) is 3. The van der Waals surface area contributed by atoms with Crippen molar-refractivity contribution in [3.63, 3.8) is 0 Å². The molecule has 0 bridgehead atoms. The van der Waals surface area contributed by atoms with Gasteiger partial charge in [-0.2, -0.15) is 0 Å². The Hall–Kier alpha value is -3.09. The van der Waals surface area contributed by atoms with Crippen molar-refractivity contribution in [3.8, 4) is 0 Å². The Bertz CT molecular complexity index is 831. The maximum atomic E-state index is 12.7. The van der Waals surface area contributed by atoms with Crippen molar-refractivity contribution in [2.24, 2.45) is 5.92 Å². The summed E-state index contributed by atoms with van der Waals surface area (Å²) in [5.74, 6) is -0.456. The van der Waals surface area contributed by atoms with Gasteiger partial charge in [0.05, 0.1) is 5.69 Å². The number of nitrogens with one attached hydrogen (secondary N) is 3. The number of para-hydroxylation sites is 1. The molecule has 27 heavy (non-hydrogen) atoms. The average Bonchev–Trinajstić information content (AvgIpc) is 2.63. The minimum atomic E-state index is -0.722. The number of urea groups is 1. The third-order valence-electron chi connectivity index (χ3n) is 3.98. The highest BCUT2D eigenvalue weighted by Gasteiger charge is 2.24. The molecule has 1 aromatic carbocycles. The molecule has 3 N–H and O–H groups in total. The number of hydrogen-bond donors (Lipinski definition) is 3. The van der Waals surface area contributed by atoms with Crippen LogP contribution in [0.3, 0.4) is 0 Å². The molecule has 0 radical (unpaired) electrons. The molecular weight excluding hydrogens is 344 g/mol. The van der Waals surface area contributed by atoms with Crippen molar-refractivity contribution < 1.29 is 9.59 Å². The van der Waals surface area contributed by atoms with Crippen LogP contribution in [0.2, 0.25) is 0 Å². The topological polar surface area (TPSA) is 92.2 Å². The van der Waals surface area contributed by atoms with E-state index in [1.807, 2.05) is 39.0 Å². The number of nitrogens with zero attached hydrogens (tertiary/aromatic N) is 1. The molecule has 1 atom stereocenters. The number of pyridine rings is 1. The van der Waals surface area contributed by atoms with Crippen molar-refractivity contribution in [2.75, 3.05) is 10.6 Å². The maximum absolute atomic E-state index is 12.7. The Labute approximate surface area is 158 Å². The molecule has 0 aliphatic carbocycles. The molecule has 144 valence electrons. The molecule has 1 unspecified atom stereocenters. The highest BCUT2D eigenvalue weighted by Crippen LogP contribution is 2.10. The molecule has 7 heteroatoms. The molecule has 0 saturated heterocycles. The third kappa shape index (κ3) is 5.99. The summed E-state index contributed by atoms with van der Waals surface area (Å²) in [6.45, 7) is 6.26. The summed E-state index contributed by atoms with van der Waals surface area (Å²) < 4.78 is 1.55. The molecule has 0 aliphatic rings. The zero-order chi connectivity index (χ0) is 19.8. The fourth-order valence-corrected chi connectivity index (χ4v) is 2.61. The van der Waals surface area contributed by atoms with E-state index in [0.717, 1.165) is 6.42 Å². The minimum absolute atomic E-state index is 0.115. The molecule has 1 aromatic heterocycles. The molecule has 0 aliphatic heterocycles. The lowest BCUT2D eigenvalue weighted by Crippen LogP contribution is -2.48. The molecular formula is C20H26N4O3. The highest BCUT2D eigenvalue weighted by molar-refractivity contribution is 5.99. The second-order valence-corrected chi connectivity index (χ2v) is 6.62. The molecule has 0 saturated carbocycles. The Balaban J connectivity index is 2.05. The summed E-state index contributed by atoms with van der Waals surface area (Å²) >= 11 is 0. The van der Waals surface area contributed by atoms with E-state index >= 15 is 0 Å². The number of aromatic nitrogens is 1. The number of carbonyl (C=O) groups is 2. The van der Waals surface area contributed by atoms with E-state index in [-0.39, 0.29) is 17.4 Å². The molecule has 0 spiro atoms. The van der Waals surface area contributed by atoms with Gasteiger partial charge < -0.3 is 20.5 Å². The van der Waals surface area contributed by atoms with Crippen LogP contribution in [0.25, 0.3) is 0 Å². The number of carbonyl (C=O) groups excluding carboxylic acids is 2. The highest BCUT2D eigenvalue weighted by atomic mass is 16.2. The zero-order valence-electron chi connectivity index (χ0n) is 15.9. The number of amides is 3. The van der Waals surface area contributed by atoms with E-state index in [4.69, 9.17) is 0 Å². The van der Waals surface area contributed by atoms with Gasteiger partial charge >= 0.3 is 6.03 Å². The predicted octanol–water partition coefficient (Wildman–Crippen LogP) is 3.04. The Morgan fingerprint density at radius 1 is 1.00 bits per heavy atom. The second kappa shape index (κ2) is 9.56. The van der Waals surface area contributed by atoms with Crippen LogP contribution in [0, 0.1) is 5.92 Å². The van der Waals surface area contributed by atoms with Gasteiger partial charge in [0.1, 0.15) is 6.04 Å². The SMILES string of the molecule is CCCn1cc(NC(=O)C(NC(=O)Nc2ccccc2)C(C)C)ccc1=O. The summed E-state index contributed by atoms with van der Waals surface area (Å²) in [6, 6.07) is 10.8. The van der Waals surface area contributed by atoms with Gasteiger partial charge in [-0.3, -0.25) is 9.59 Å². The minimum Gasteiger partial charge on any atom is -0.326 e. The Kier molecular flexibility index (Phi) is 7.16. The first-order valence-electron chi connectivity index (χ1n) is 9.04. The van der Waals surface area contributed by atoms with Gasteiger partial charge in [-0.15, -0.1) is 0 Å². The first-order chi connectivity index (χ1) is 12.9. The van der Waals surface area contributed by atoms with E-state index in [1.54, 1.807) is 29.0 Å². The predicted molar refractivity (Wildman–Crippen MR) is 107 cm³/mol. The van der Waals surface area contributed by atoms with Gasteiger partial charge in [0.25, 0.3) is 5.56 Å². The Morgan fingerprint density at radius 3 is 2.33 bits per heavy atom. The molecule has 0 fully saturated rings. The van der Waals surface area contributed by atoms with Crippen LogP contribution in [0.15, 0.2) is 53.5 Å². The van der Waals surface area contributed by atoms with Crippen LogP contribution in [0.5, 0.6) is 0 Å². The fourth-order valence-electron chi connectivity index (χ4n) is 2.61. The first kappa shape index (κ1) is 20.2. The van der Waals surface area contributed by atoms with Gasteiger partial charge in [0.15, 0.2) is 0 Å². The number of rotatable bonds is 7. The molecule has 3 amide bonds. The summed E-state index contributed by atoms with van der Waals surface area (Å²) in [5.41, 5.74) is 1.05. The normalized spacial score (nSPS) is 11.7. The van der Waals surface area contributed by atoms with Gasteiger partial charge in [0.2, 0.25) is 5.91 Å². The first-order valence-corrected chi connectivity index (χ1v) is 9.04. The second-order valence-electron chi connectivity index (χ2n) is 6.62. The lowest BCUT2D eigenvalue weighted by molar-refractivity contribution is -0.118. The lowest BCUT2D eigenvalue weighted by atomic mass is 10.0. The number of anilines is 2. The number of aryl methyl sites for hydroxylation is 1. The van der Waals surface area contributed by atoms with Crippen LogP contribution in [-0.4, -0.2) is 22.5 Å². The smallest absolute Gasteiger partial charge is 0.319 e. The monoisotopic (exact) mass is 370 g/mol. The summed E-state index contributed by atoms with van der Waals surface area (Å²) in [6.07, 6.45) is 2.43. The molecule has 7 nitrogen and oxygen atoms in total. The van der Waals surface area contributed by atoms with Gasteiger partial charge in [-0.1, -0.05) is 39.0 Å². The molecule has 1 heterocycles. The molecule has 2 rings (SSSR count). The van der Waals surface area contributed by atoms with Gasteiger partial charge in [-0.05, 0) is 30.5 Å². The van der Waals surface area contributed by atoms with E-state index in [9.17, 15) is 14.4 Å². The van der Waals surface area contributed by atoms with E-state index < -0.39 is 12.1 Å². The van der Waals surface area contributed by atoms with Crippen molar-refractivity contribution in [1.29, 1.82) is 0 Å². The van der Waals surface area contributed by atoms with Crippen LogP contribution in [0.1, 0.15) is 27.2 Å². The average molecular weight is 370 g/mol. The van der Waals surface area contributed by atoms with E-state index in [2.05, 4.69) is 16.0 Å². The largest absolute Gasteiger partial charge is 0.326 e. The quantitative estimate of drug-likeness (QED) is 0.699. The van der Waals surface area contributed by atoms with Crippen molar-refractivity contribution >= 4 is 23.3 Å². The van der Waals surface area contributed by atoms with Gasteiger partial charge in [0, 0.05) is 24.5 Å². The summed E-state index contributed by atoms with van der Waals surface area (Å²) in [7, 11) is 0.